The molecule has 450 valence electrons. The predicted molar refractivity (Wildman–Crippen MR) is 283 cm³/mol. The first-order chi connectivity index (χ1) is 38.5. The van der Waals surface area contributed by atoms with Gasteiger partial charge in [0, 0.05) is 105 Å². The number of rotatable bonds is 42. The summed E-state index contributed by atoms with van der Waals surface area (Å²) in [6.45, 7) is -0.310. The number of alkyl carbamates (subject to hydrolysis) is 1. The number of nitrogens with one attached hydrogen (secondary N) is 4. The van der Waals surface area contributed by atoms with E-state index in [4.69, 9.17) is 4.74 Å². The van der Waals surface area contributed by atoms with Crippen molar-refractivity contribution in [1.82, 2.24) is 21.3 Å². The Hall–Kier alpha value is -8.65. The Labute approximate surface area is 470 Å². The van der Waals surface area contributed by atoms with E-state index in [-0.39, 0.29) is 6.61 Å². The Morgan fingerprint density at radius 1 is 0.317 bits per heavy atom. The van der Waals surface area contributed by atoms with Crippen LogP contribution < -0.4 is 21.3 Å². The summed E-state index contributed by atoms with van der Waals surface area (Å²) < 4.78 is 5.89. The third-order valence-corrected chi connectivity index (χ3v) is 14.8. The van der Waals surface area contributed by atoms with Crippen LogP contribution in [-0.2, 0) is 62.3 Å². The second-order valence-electron chi connectivity index (χ2n) is 20.8. The number of fused-ring (bicyclic) bond motifs is 3. The standard InChI is InChI=1S/C55H72N4O23/c60-39(56-52(24-12-42(63)64,25-13-43(65)66)26-14-44(67)68)9-21-55(22-10-40(61)57-53(27-15-45(69)70,28-16-46(71)72)29-17-47(73)74,23-11-41(62)58-54(30-18-48(75)76,31-19-49(77)78)32-20-50(79)80)59-51(81)82-33-38-36-7-3-1-5-34(36)35-6-2-4-8-37(35)38/h1-8,38H,9-33H2,(H,56,60)(H,57,61)(H,58,62)(H,59,81)(H,63,64)(H,65,66)(H,67,68)(H,69,70)(H,71,72)(H,73,74)(H,75,76)(H,77,78)(H,79,80). The van der Waals surface area contributed by atoms with E-state index in [0.717, 1.165) is 22.3 Å². The minimum Gasteiger partial charge on any atom is -0.481 e. The number of carboxylic acid groups (broad SMARTS) is 9. The molecule has 0 bridgehead atoms. The molecule has 27 nitrogen and oxygen atoms in total. The minimum atomic E-state index is -1.99. The number of carbonyl (C=O) groups excluding carboxylic acids is 4. The van der Waals surface area contributed by atoms with Gasteiger partial charge in [-0.15, -0.1) is 0 Å². The molecule has 0 aliphatic heterocycles. The third kappa shape index (κ3) is 23.6. The van der Waals surface area contributed by atoms with Gasteiger partial charge in [-0.2, -0.15) is 0 Å². The lowest BCUT2D eigenvalue weighted by molar-refractivity contribution is -0.141. The van der Waals surface area contributed by atoms with Crippen LogP contribution >= 0.6 is 0 Å². The van der Waals surface area contributed by atoms with Crippen LogP contribution in [0.3, 0.4) is 0 Å². The lowest BCUT2D eigenvalue weighted by Gasteiger charge is -2.38. The summed E-state index contributed by atoms with van der Waals surface area (Å²) in [5, 5.41) is 97.2. The van der Waals surface area contributed by atoms with E-state index in [9.17, 15) is 108 Å². The van der Waals surface area contributed by atoms with Gasteiger partial charge in [0.1, 0.15) is 6.61 Å². The fourth-order valence-corrected chi connectivity index (χ4v) is 10.4. The van der Waals surface area contributed by atoms with Crippen LogP contribution in [-0.4, -0.2) is 152 Å². The molecule has 82 heavy (non-hydrogen) atoms. The molecular formula is C55H72N4O23. The molecule has 0 radical (unpaired) electrons. The number of hydrogen-bond acceptors (Lipinski definition) is 14. The molecule has 2 aromatic carbocycles. The summed E-state index contributed by atoms with van der Waals surface area (Å²) in [6.07, 6.45) is -14.9. The molecule has 0 heterocycles. The quantitative estimate of drug-likeness (QED) is 0.0418. The van der Waals surface area contributed by atoms with Crippen molar-refractivity contribution in [1.29, 1.82) is 0 Å². The van der Waals surface area contributed by atoms with Crippen LogP contribution in [0.1, 0.15) is 171 Å². The van der Waals surface area contributed by atoms with Crippen molar-refractivity contribution in [2.24, 2.45) is 0 Å². The number of ether oxygens (including phenoxy) is 1. The molecule has 13 N–H and O–H groups in total. The first-order valence-corrected chi connectivity index (χ1v) is 26.5. The Balaban J connectivity index is 2.25. The normalized spacial score (nSPS) is 12.2. The molecule has 2 aromatic rings. The van der Waals surface area contributed by atoms with Crippen LogP contribution in [0, 0.1) is 0 Å². The average molecular weight is 1160 g/mol. The van der Waals surface area contributed by atoms with Crippen LogP contribution in [0.25, 0.3) is 11.1 Å². The lowest BCUT2D eigenvalue weighted by atomic mass is 9.80. The first kappa shape index (κ1) is 67.6. The van der Waals surface area contributed by atoms with Gasteiger partial charge in [0.2, 0.25) is 17.7 Å². The van der Waals surface area contributed by atoms with E-state index in [2.05, 4.69) is 21.3 Å². The number of carbonyl (C=O) groups is 13. The summed E-state index contributed by atoms with van der Waals surface area (Å²) in [4.78, 5) is 164. The largest absolute Gasteiger partial charge is 0.481 e. The Morgan fingerprint density at radius 3 is 0.756 bits per heavy atom. The van der Waals surface area contributed by atoms with Crippen molar-refractivity contribution < 1.29 is 113 Å². The molecule has 3 rings (SSSR count). The maximum Gasteiger partial charge on any atom is 0.407 e. The van der Waals surface area contributed by atoms with Crippen LogP contribution in [0.4, 0.5) is 4.79 Å². The van der Waals surface area contributed by atoms with Gasteiger partial charge in [0.15, 0.2) is 0 Å². The van der Waals surface area contributed by atoms with Crippen molar-refractivity contribution in [2.45, 2.75) is 182 Å². The van der Waals surface area contributed by atoms with Gasteiger partial charge in [0.25, 0.3) is 0 Å². The van der Waals surface area contributed by atoms with E-state index in [1.807, 2.05) is 36.4 Å². The van der Waals surface area contributed by atoms with Gasteiger partial charge in [-0.3, -0.25) is 57.5 Å². The second kappa shape index (κ2) is 32.0. The van der Waals surface area contributed by atoms with Gasteiger partial charge in [-0.05, 0) is 99.3 Å². The van der Waals surface area contributed by atoms with Gasteiger partial charge in [0.05, 0.1) is 0 Å². The van der Waals surface area contributed by atoms with E-state index in [1.54, 1.807) is 12.1 Å². The van der Waals surface area contributed by atoms with Crippen LogP contribution in [0.15, 0.2) is 48.5 Å². The predicted octanol–water partition coefficient (Wildman–Crippen LogP) is 4.95. The Kier molecular flexibility index (Phi) is 26.4. The highest BCUT2D eigenvalue weighted by atomic mass is 16.5. The molecular weight excluding hydrogens is 1080 g/mol. The zero-order valence-corrected chi connectivity index (χ0v) is 45.1. The number of hydrogen-bond donors (Lipinski definition) is 13. The Bertz CT molecular complexity index is 2290. The fraction of sp³-hybridized carbons (Fsp3) is 0.545. The molecule has 1 aliphatic carbocycles. The fourth-order valence-electron chi connectivity index (χ4n) is 10.4. The summed E-state index contributed by atoms with van der Waals surface area (Å²) in [7, 11) is 0. The van der Waals surface area contributed by atoms with E-state index in [0.29, 0.717) is 0 Å². The zero-order valence-electron chi connectivity index (χ0n) is 45.1. The highest BCUT2D eigenvalue weighted by molar-refractivity contribution is 5.82. The Morgan fingerprint density at radius 2 is 0.524 bits per heavy atom. The molecule has 0 saturated carbocycles. The van der Waals surface area contributed by atoms with Crippen LogP contribution in [0.5, 0.6) is 0 Å². The van der Waals surface area contributed by atoms with Crippen molar-refractivity contribution in [3.05, 3.63) is 59.7 Å². The number of carboxylic acids is 9. The number of aliphatic carboxylic acids is 9. The molecule has 0 atom stereocenters. The monoisotopic (exact) mass is 1160 g/mol. The molecule has 0 fully saturated rings. The summed E-state index contributed by atoms with van der Waals surface area (Å²) in [6, 6.07) is 14.6. The first-order valence-electron chi connectivity index (χ1n) is 26.5. The lowest BCUT2D eigenvalue weighted by Crippen LogP contribution is -2.54. The van der Waals surface area contributed by atoms with Crippen LogP contribution in [0.2, 0.25) is 0 Å². The summed E-state index contributed by atoms with van der Waals surface area (Å²) >= 11 is 0. The SMILES string of the molecule is O=C(O)CCC(CCC(=O)O)(CCC(=O)O)NC(=O)CCC(CCC(=O)NC(CCC(=O)O)(CCC(=O)O)CCC(=O)O)(CCC(=O)NC(CCC(=O)O)(CCC(=O)O)CCC(=O)O)NC(=O)OCC1c2ccccc2-c2ccccc21. The topological polar surface area (TPSA) is 461 Å². The number of benzene rings is 2. The van der Waals surface area contributed by atoms with Crippen molar-refractivity contribution in [3.63, 3.8) is 0 Å². The van der Waals surface area contributed by atoms with E-state index in [1.165, 1.54) is 0 Å². The van der Waals surface area contributed by atoms with Gasteiger partial charge in [-0.25, -0.2) is 4.79 Å². The zero-order chi connectivity index (χ0) is 61.3. The maximum atomic E-state index is 14.5. The molecule has 0 aromatic heterocycles. The summed E-state index contributed by atoms with van der Waals surface area (Å²) in [5.74, 6) is -15.8. The van der Waals surface area contributed by atoms with Gasteiger partial charge in [-0.1, -0.05) is 48.5 Å². The van der Waals surface area contributed by atoms with Crippen molar-refractivity contribution in [2.75, 3.05) is 6.61 Å². The van der Waals surface area contributed by atoms with Crippen molar-refractivity contribution in [3.8, 4) is 11.1 Å². The second-order valence-corrected chi connectivity index (χ2v) is 20.8. The smallest absolute Gasteiger partial charge is 0.407 e. The molecule has 0 saturated heterocycles. The molecule has 0 spiro atoms. The average Bonchev–Trinajstić information content (AvgIpc) is 3.99. The highest BCUT2D eigenvalue weighted by Crippen LogP contribution is 2.45. The minimum absolute atomic E-state index is 0.310. The van der Waals surface area contributed by atoms with E-state index >= 15 is 0 Å². The molecule has 27 heteroatoms. The number of amides is 4. The van der Waals surface area contributed by atoms with E-state index < -0.39 is 260 Å². The van der Waals surface area contributed by atoms with Gasteiger partial charge < -0.3 is 72.0 Å². The highest BCUT2D eigenvalue weighted by Gasteiger charge is 2.41. The maximum absolute atomic E-state index is 14.5. The van der Waals surface area contributed by atoms with Gasteiger partial charge >= 0.3 is 59.8 Å². The third-order valence-electron chi connectivity index (χ3n) is 14.8. The molecule has 1 aliphatic rings. The molecule has 0 unspecified atom stereocenters. The van der Waals surface area contributed by atoms with Crippen molar-refractivity contribution >= 4 is 77.5 Å². The molecule has 4 amide bonds. The summed E-state index contributed by atoms with van der Waals surface area (Å²) in [5.41, 5.74) is -3.97.